The van der Waals surface area contributed by atoms with Gasteiger partial charge >= 0.3 is 0 Å². The van der Waals surface area contributed by atoms with Crippen molar-refractivity contribution in [1.29, 1.82) is 0 Å². The van der Waals surface area contributed by atoms with Crippen molar-refractivity contribution in [1.82, 2.24) is 9.13 Å². The summed E-state index contributed by atoms with van der Waals surface area (Å²) in [5.74, 6) is 1.02. The zero-order valence-electron chi connectivity index (χ0n) is 64.6. The Hall–Kier alpha value is -10.1. The third kappa shape index (κ3) is 7.94. The van der Waals surface area contributed by atoms with Crippen LogP contribution < -0.4 is 26.0 Å². The number of fused-ring (bicyclic) bond motifs is 16. The number of para-hydroxylation sites is 4. The Bertz CT molecular complexity index is 5890. The molecular formula is C85H70BN3O. The summed E-state index contributed by atoms with van der Waals surface area (Å²) in [4.78, 5) is 2.33. The third-order valence-corrected chi connectivity index (χ3v) is 19.2. The van der Waals surface area contributed by atoms with Crippen LogP contribution in [-0.4, -0.2) is 15.8 Å². The molecule has 0 N–H and O–H groups in total. The van der Waals surface area contributed by atoms with Crippen molar-refractivity contribution in [3.05, 3.63) is 299 Å². The Labute approximate surface area is 546 Å². The second-order valence-electron chi connectivity index (χ2n) is 27.5. The molecule has 0 atom stereocenters. The van der Waals surface area contributed by atoms with Crippen LogP contribution in [-0.2, 0) is 21.7 Å². The second-order valence-corrected chi connectivity index (χ2v) is 27.5. The Balaban J connectivity index is 1.08. The van der Waals surface area contributed by atoms with E-state index in [1.165, 1.54) is 11.1 Å². The van der Waals surface area contributed by atoms with Crippen LogP contribution in [0.3, 0.4) is 0 Å². The Kier molecular flexibility index (Phi) is 9.07. The van der Waals surface area contributed by atoms with Gasteiger partial charge in [0.2, 0.25) is 6.71 Å². The van der Waals surface area contributed by atoms with E-state index >= 15 is 0 Å². The first-order valence-corrected chi connectivity index (χ1v) is 30.9. The van der Waals surface area contributed by atoms with Crippen molar-refractivity contribution in [3.8, 4) is 45.1 Å². The standard InChI is InChI=1S/C85H70BN3O/c1-82(2,3)56-36-43-74(63(48-56)54-26-14-11-15-27-54)89-77-52-60(88-75-44-37-57(83(4,5)6)49-64(75)65-50-58(84(7,8)9)38-45-76(65)88)40-42-71(77)86-70-41-39-59(87-72-32-20-16-28-61(72)62-29-17-21-33-73(62)87)51-68(70)85(66-30-18-22-34-79(66)90-80-35-23-19-31-67(80)85)69-46-55(47-78(89)81(69)86)53-24-12-10-13-25-53/h10-52H,1-9H3/i10D,12D,13D,16D,17D,20D,21D,24D,25D,28D,29D,32D,33D. The average molecular weight is 1170 g/mol. The molecule has 12 aromatic carbocycles. The minimum atomic E-state index is -1.47. The first kappa shape index (κ1) is 41.9. The van der Waals surface area contributed by atoms with Gasteiger partial charge in [-0.1, -0.05) is 231 Å². The summed E-state index contributed by atoms with van der Waals surface area (Å²) in [6, 6.07) is 56.5. The molecule has 90 heavy (non-hydrogen) atoms. The summed E-state index contributed by atoms with van der Waals surface area (Å²) in [5.41, 5.74) is 14.3. The topological polar surface area (TPSA) is 22.3 Å². The lowest BCUT2D eigenvalue weighted by Gasteiger charge is -2.50. The van der Waals surface area contributed by atoms with E-state index in [-0.39, 0.29) is 43.6 Å². The van der Waals surface area contributed by atoms with Crippen molar-refractivity contribution in [3.63, 3.8) is 0 Å². The molecule has 3 aliphatic heterocycles. The van der Waals surface area contributed by atoms with Crippen LogP contribution in [0.5, 0.6) is 11.5 Å². The van der Waals surface area contributed by atoms with Gasteiger partial charge in [-0.25, -0.2) is 0 Å². The lowest BCUT2D eigenvalue weighted by atomic mass is 9.29. The van der Waals surface area contributed by atoms with E-state index in [0.29, 0.717) is 50.7 Å². The van der Waals surface area contributed by atoms with Crippen LogP contribution in [0.2, 0.25) is 0 Å². The van der Waals surface area contributed by atoms with Gasteiger partial charge in [-0.15, -0.1) is 0 Å². The predicted octanol–water partition coefficient (Wildman–Crippen LogP) is 20.2. The number of anilines is 3. The van der Waals surface area contributed by atoms with Crippen LogP contribution in [0.1, 0.15) is 119 Å². The van der Waals surface area contributed by atoms with Gasteiger partial charge < -0.3 is 18.8 Å². The number of hydrogen-bond acceptors (Lipinski definition) is 2. The number of rotatable bonds is 5. The molecule has 0 saturated carbocycles. The molecule has 5 heterocycles. The maximum atomic E-state index is 9.92. The summed E-state index contributed by atoms with van der Waals surface area (Å²) in [6.07, 6.45) is 0. The zero-order chi connectivity index (χ0) is 72.5. The van der Waals surface area contributed by atoms with Crippen LogP contribution in [0.15, 0.2) is 261 Å². The van der Waals surface area contributed by atoms with E-state index in [1.807, 2.05) is 91.0 Å². The van der Waals surface area contributed by atoms with Gasteiger partial charge in [-0.05, 0) is 169 Å². The molecule has 17 rings (SSSR count). The quantitative estimate of drug-likeness (QED) is 0.160. The number of ether oxygens (including phenoxy) is 1. The molecule has 5 heteroatoms. The molecular weight excluding hydrogens is 1090 g/mol. The van der Waals surface area contributed by atoms with Gasteiger partial charge in [-0.3, -0.25) is 0 Å². The van der Waals surface area contributed by atoms with Gasteiger partial charge in [0.05, 0.1) is 51.0 Å². The van der Waals surface area contributed by atoms with E-state index in [1.54, 1.807) is 4.57 Å². The first-order valence-electron chi connectivity index (χ1n) is 37.4. The van der Waals surface area contributed by atoms with E-state index < -0.39 is 90.7 Å². The smallest absolute Gasteiger partial charge is 0.247 e. The highest BCUT2D eigenvalue weighted by Gasteiger charge is 2.55. The van der Waals surface area contributed by atoms with Gasteiger partial charge in [0.25, 0.3) is 0 Å². The molecule has 1 spiro atoms. The maximum Gasteiger partial charge on any atom is 0.247 e. The van der Waals surface area contributed by atoms with E-state index in [9.17, 15) is 13.7 Å². The maximum absolute atomic E-state index is 9.92. The van der Waals surface area contributed by atoms with Gasteiger partial charge in [0, 0.05) is 61.0 Å². The summed E-state index contributed by atoms with van der Waals surface area (Å²) < 4.78 is 133. The van der Waals surface area contributed by atoms with E-state index in [2.05, 4.69) is 163 Å². The molecule has 0 amide bonds. The highest BCUT2D eigenvalue weighted by Crippen LogP contribution is 2.58. The molecule has 0 bridgehead atoms. The predicted molar refractivity (Wildman–Crippen MR) is 380 cm³/mol. The first-order chi connectivity index (χ1) is 48.9. The van der Waals surface area contributed by atoms with Crippen LogP contribution in [0.4, 0.5) is 17.1 Å². The number of hydrogen-bond donors (Lipinski definition) is 0. The summed E-state index contributed by atoms with van der Waals surface area (Å²) >= 11 is 0. The molecule has 0 radical (unpaired) electrons. The normalized spacial score (nSPS) is 16.0. The van der Waals surface area contributed by atoms with Crippen LogP contribution in [0.25, 0.3) is 77.2 Å². The highest BCUT2D eigenvalue weighted by atomic mass is 16.5. The molecule has 14 aromatic rings. The van der Waals surface area contributed by atoms with Crippen molar-refractivity contribution in [2.45, 2.75) is 84.0 Å². The second kappa shape index (κ2) is 19.5. The molecule has 0 fully saturated rings. The van der Waals surface area contributed by atoms with Crippen LogP contribution in [0, 0.1) is 0 Å². The monoisotopic (exact) mass is 1170 g/mol. The SMILES string of the molecule is [2H]c1c([2H])c([2H])c(-c2cc3c4c(c2)C2(c5ccccc5Oc5ccccc52)c2cc(-n5c6c([2H])c([2H])c([2H])c([2H])c6c6c([2H])c([2H])c([2H])c([2H])c65)ccc2B4c2ccc(-n4c5ccc(C(C)(C)C)cc5c5cc(C(C)(C)C)ccc54)cc2N3c2ccc(C(C)(C)C)cc2-c2ccccc2)c([2H])c1[2H]. The Morgan fingerprint density at radius 1 is 0.367 bits per heavy atom. The number of benzene rings is 12. The fourth-order valence-electron chi connectivity index (χ4n) is 14.9. The largest absolute Gasteiger partial charge is 0.457 e. The van der Waals surface area contributed by atoms with Gasteiger partial charge in [0.1, 0.15) is 11.5 Å². The van der Waals surface area contributed by atoms with Gasteiger partial charge in [-0.2, -0.15) is 0 Å². The molecule has 2 aromatic heterocycles. The molecule has 0 unspecified atom stereocenters. The lowest BCUT2D eigenvalue weighted by molar-refractivity contribution is 0.435. The van der Waals surface area contributed by atoms with Crippen molar-refractivity contribution in [2.75, 3.05) is 4.90 Å². The summed E-state index contributed by atoms with van der Waals surface area (Å²) in [5, 5.41) is 2.10. The van der Waals surface area contributed by atoms with Crippen LogP contribution >= 0.6 is 0 Å². The minimum absolute atomic E-state index is 0.0149. The fraction of sp³-hybridized carbons (Fsp3) is 0.153. The minimum Gasteiger partial charge on any atom is -0.457 e. The lowest BCUT2D eigenvalue weighted by Crippen LogP contribution is -2.65. The zero-order valence-corrected chi connectivity index (χ0v) is 51.6. The highest BCUT2D eigenvalue weighted by molar-refractivity contribution is 6.99. The van der Waals surface area contributed by atoms with Crippen molar-refractivity contribution >= 4 is 83.8 Å². The van der Waals surface area contributed by atoms with Crippen molar-refractivity contribution in [2.24, 2.45) is 0 Å². The Morgan fingerprint density at radius 3 is 1.50 bits per heavy atom. The number of nitrogens with zero attached hydrogens (tertiary/aromatic N) is 3. The summed E-state index contributed by atoms with van der Waals surface area (Å²) in [7, 11) is 0. The molecule has 434 valence electrons. The number of aromatic nitrogens is 2. The van der Waals surface area contributed by atoms with E-state index in [0.717, 1.165) is 71.9 Å². The van der Waals surface area contributed by atoms with Gasteiger partial charge in [0.15, 0.2) is 0 Å². The Morgan fingerprint density at radius 2 is 0.889 bits per heavy atom. The molecule has 3 aliphatic rings. The summed E-state index contributed by atoms with van der Waals surface area (Å²) in [6.45, 7) is 19.4. The third-order valence-electron chi connectivity index (χ3n) is 19.2. The molecule has 0 saturated heterocycles. The van der Waals surface area contributed by atoms with Crippen molar-refractivity contribution < 1.29 is 22.6 Å². The molecule has 0 aliphatic carbocycles. The molecule has 4 nitrogen and oxygen atoms in total. The fourth-order valence-corrected chi connectivity index (χ4v) is 14.9. The van der Waals surface area contributed by atoms with E-state index in [4.69, 9.17) is 8.85 Å². The average Bonchev–Trinajstić information content (AvgIpc) is 1.20.